The maximum atomic E-state index is 11.8. The van der Waals surface area contributed by atoms with Crippen molar-refractivity contribution in [1.29, 1.82) is 0 Å². The average Bonchev–Trinajstić information content (AvgIpc) is 3.11. The van der Waals surface area contributed by atoms with Crippen LogP contribution >= 0.6 is 15.9 Å². The monoisotopic (exact) mass is 506 g/mol. The summed E-state index contributed by atoms with van der Waals surface area (Å²) >= 11 is 3.24. The first kappa shape index (κ1) is 24.8. The second-order valence-electron chi connectivity index (χ2n) is 12.8. The Morgan fingerprint density at radius 1 is 1.09 bits per heavy atom. The molecule has 4 rings (SSSR count). The molecule has 0 radical (unpaired) electrons. The Labute approximate surface area is 205 Å². The van der Waals surface area contributed by atoms with E-state index in [1.54, 1.807) is 5.57 Å². The first-order valence-electron chi connectivity index (χ1n) is 13.6. The third-order valence-corrected chi connectivity index (χ3v) is 11.1. The molecule has 0 bridgehead atoms. The lowest BCUT2D eigenvalue weighted by Gasteiger charge is -2.58. The molecule has 8 atom stereocenters. The quantitative estimate of drug-likeness (QED) is 0.197. The normalized spacial score (nSPS) is 42.0. The molecular weight excluding hydrogens is 460 g/mol. The van der Waals surface area contributed by atoms with E-state index in [0.29, 0.717) is 16.2 Å². The Hall–Kier alpha value is -0.310. The van der Waals surface area contributed by atoms with Gasteiger partial charge in [-0.05, 0) is 91.3 Å². The number of carbonyl (C=O) groups is 1. The molecule has 0 aromatic heterocycles. The summed E-state index contributed by atoms with van der Waals surface area (Å²) in [4.78, 5) is 11.8. The van der Waals surface area contributed by atoms with Crippen LogP contribution in [0.5, 0.6) is 0 Å². The number of esters is 1. The van der Waals surface area contributed by atoms with E-state index in [0.717, 1.165) is 48.3 Å². The van der Waals surface area contributed by atoms with Crippen LogP contribution in [0.15, 0.2) is 11.6 Å². The number of alkyl halides is 1. The van der Waals surface area contributed by atoms with E-state index in [9.17, 15) is 4.79 Å². The third-order valence-electron chi connectivity index (χ3n) is 10.7. The van der Waals surface area contributed by atoms with Crippen LogP contribution in [0, 0.1) is 46.3 Å². The van der Waals surface area contributed by atoms with Crippen molar-refractivity contribution in [2.75, 3.05) is 5.33 Å². The summed E-state index contributed by atoms with van der Waals surface area (Å²) in [5.74, 6) is 5.16. The molecule has 32 heavy (non-hydrogen) atoms. The number of fused-ring (bicyclic) bond motifs is 5. The van der Waals surface area contributed by atoms with Crippen LogP contribution in [0.25, 0.3) is 0 Å². The molecule has 182 valence electrons. The van der Waals surface area contributed by atoms with Crippen molar-refractivity contribution in [1.82, 2.24) is 0 Å². The van der Waals surface area contributed by atoms with Gasteiger partial charge in [-0.2, -0.15) is 0 Å². The summed E-state index contributed by atoms with van der Waals surface area (Å²) in [5, 5.41) is 0.307. The van der Waals surface area contributed by atoms with Gasteiger partial charge in [-0.1, -0.05) is 81.5 Å². The van der Waals surface area contributed by atoms with Crippen molar-refractivity contribution in [2.45, 2.75) is 111 Å². The summed E-state index contributed by atoms with van der Waals surface area (Å²) < 4.78 is 5.72. The minimum absolute atomic E-state index is 0.0901. The maximum Gasteiger partial charge on any atom is 0.316 e. The van der Waals surface area contributed by atoms with Gasteiger partial charge < -0.3 is 4.74 Å². The number of carbonyl (C=O) groups excluding carboxylic acids is 1. The molecule has 0 aliphatic heterocycles. The zero-order valence-corrected chi connectivity index (χ0v) is 22.9. The van der Waals surface area contributed by atoms with Crippen molar-refractivity contribution in [3.63, 3.8) is 0 Å². The predicted octanol–water partition coefficient (Wildman–Crippen LogP) is 8.33. The van der Waals surface area contributed by atoms with Gasteiger partial charge in [-0.3, -0.25) is 4.79 Å². The number of hydrogen-bond acceptors (Lipinski definition) is 2. The molecular formula is C29H47BrO2. The fourth-order valence-electron chi connectivity index (χ4n) is 8.97. The topological polar surface area (TPSA) is 26.3 Å². The number of halogens is 1. The molecule has 3 fully saturated rings. The van der Waals surface area contributed by atoms with Crippen molar-refractivity contribution < 1.29 is 9.53 Å². The lowest BCUT2D eigenvalue weighted by molar-refractivity contribution is -0.148. The van der Waals surface area contributed by atoms with E-state index in [1.165, 1.54) is 57.8 Å². The van der Waals surface area contributed by atoms with Crippen LogP contribution in [-0.2, 0) is 9.53 Å². The van der Waals surface area contributed by atoms with Gasteiger partial charge in [-0.25, -0.2) is 0 Å². The highest BCUT2D eigenvalue weighted by Gasteiger charge is 2.59. The summed E-state index contributed by atoms with van der Waals surface area (Å²) in [7, 11) is 0. The maximum absolute atomic E-state index is 11.8. The first-order valence-corrected chi connectivity index (χ1v) is 14.8. The van der Waals surface area contributed by atoms with Crippen molar-refractivity contribution in [3.05, 3.63) is 11.6 Å². The SMILES string of the molecule is CC(C)CCCC(C)C1CCC2C3CC=C4CC(OC(=O)CBr)CCC4(C)C3CCC12C. The van der Waals surface area contributed by atoms with Gasteiger partial charge in [0.05, 0.1) is 0 Å². The van der Waals surface area contributed by atoms with Gasteiger partial charge in [0, 0.05) is 6.42 Å². The minimum atomic E-state index is -0.110. The fourth-order valence-corrected chi connectivity index (χ4v) is 9.10. The van der Waals surface area contributed by atoms with Crippen molar-refractivity contribution >= 4 is 21.9 Å². The predicted molar refractivity (Wildman–Crippen MR) is 137 cm³/mol. The first-order chi connectivity index (χ1) is 15.2. The molecule has 0 aromatic rings. The smallest absolute Gasteiger partial charge is 0.316 e. The van der Waals surface area contributed by atoms with Crippen molar-refractivity contribution in [2.24, 2.45) is 46.3 Å². The van der Waals surface area contributed by atoms with Gasteiger partial charge in [0.1, 0.15) is 11.4 Å². The number of rotatable bonds is 7. The molecule has 0 heterocycles. The Morgan fingerprint density at radius 2 is 1.88 bits per heavy atom. The highest BCUT2D eigenvalue weighted by Crippen LogP contribution is 2.67. The van der Waals surface area contributed by atoms with Crippen molar-refractivity contribution in [3.8, 4) is 0 Å². The van der Waals surface area contributed by atoms with Gasteiger partial charge in [0.2, 0.25) is 0 Å². The van der Waals surface area contributed by atoms with Crippen LogP contribution < -0.4 is 0 Å². The molecule has 0 N–H and O–H groups in total. The second-order valence-corrected chi connectivity index (χ2v) is 13.3. The fraction of sp³-hybridized carbons (Fsp3) is 0.897. The Morgan fingerprint density at radius 3 is 2.59 bits per heavy atom. The summed E-state index contributed by atoms with van der Waals surface area (Å²) in [6, 6.07) is 0. The van der Waals surface area contributed by atoms with Crippen LogP contribution in [-0.4, -0.2) is 17.4 Å². The van der Waals surface area contributed by atoms with Gasteiger partial charge in [0.25, 0.3) is 0 Å². The van der Waals surface area contributed by atoms with Gasteiger partial charge in [0.15, 0.2) is 0 Å². The molecule has 0 spiro atoms. The van der Waals surface area contributed by atoms with Crippen LogP contribution in [0.1, 0.15) is 105 Å². The van der Waals surface area contributed by atoms with Crippen LogP contribution in [0.4, 0.5) is 0 Å². The van der Waals surface area contributed by atoms with E-state index in [1.807, 2.05) is 0 Å². The summed E-state index contributed by atoms with van der Waals surface area (Å²) in [6.07, 6.45) is 17.1. The standard InChI is InChI=1S/C29H47BrO2/c1-19(2)7-6-8-20(3)24-11-12-25-23-10-9-21-17-22(32-27(31)18-30)13-15-28(21,4)26(23)14-16-29(24,25)5/h9,19-20,22-26H,6-8,10-18H2,1-5H3. The van der Waals surface area contributed by atoms with E-state index in [-0.39, 0.29) is 12.1 Å². The molecule has 2 nitrogen and oxygen atoms in total. The molecule has 8 unspecified atom stereocenters. The zero-order valence-electron chi connectivity index (χ0n) is 21.3. The third kappa shape index (κ3) is 4.50. The molecule has 4 aliphatic carbocycles. The van der Waals surface area contributed by atoms with Crippen LogP contribution in [0.3, 0.4) is 0 Å². The van der Waals surface area contributed by atoms with Crippen LogP contribution in [0.2, 0.25) is 0 Å². The summed E-state index contributed by atoms with van der Waals surface area (Å²) in [5.41, 5.74) is 2.50. The molecule has 4 aliphatic rings. The molecule has 0 amide bonds. The van der Waals surface area contributed by atoms with Gasteiger partial charge >= 0.3 is 5.97 Å². The molecule has 3 heteroatoms. The Bertz CT molecular complexity index is 714. The van der Waals surface area contributed by atoms with E-state index >= 15 is 0 Å². The minimum Gasteiger partial charge on any atom is -0.461 e. The molecule has 3 saturated carbocycles. The van der Waals surface area contributed by atoms with Gasteiger partial charge in [-0.15, -0.1) is 0 Å². The summed E-state index contributed by atoms with van der Waals surface area (Å²) in [6.45, 7) is 12.5. The second kappa shape index (κ2) is 9.74. The largest absolute Gasteiger partial charge is 0.461 e. The number of hydrogen-bond donors (Lipinski definition) is 0. The molecule has 0 saturated heterocycles. The zero-order chi connectivity index (χ0) is 23.1. The lowest BCUT2D eigenvalue weighted by Crippen LogP contribution is -2.51. The van der Waals surface area contributed by atoms with E-state index in [4.69, 9.17) is 4.74 Å². The van der Waals surface area contributed by atoms with E-state index in [2.05, 4.69) is 56.6 Å². The Balaban J connectivity index is 1.45. The number of allylic oxidation sites excluding steroid dienone is 1. The highest BCUT2D eigenvalue weighted by atomic mass is 79.9. The van der Waals surface area contributed by atoms with E-state index < -0.39 is 0 Å². The highest BCUT2D eigenvalue weighted by molar-refractivity contribution is 9.09. The Kier molecular flexibility index (Phi) is 7.55. The number of ether oxygens (including phenoxy) is 1. The average molecular weight is 508 g/mol. The lowest BCUT2D eigenvalue weighted by atomic mass is 9.47. The molecule has 0 aromatic carbocycles.